The van der Waals surface area contributed by atoms with Gasteiger partial charge in [0.1, 0.15) is 0 Å². The van der Waals surface area contributed by atoms with Gasteiger partial charge in [-0.25, -0.2) is 10.4 Å². The third kappa shape index (κ3) is 4.14. The van der Waals surface area contributed by atoms with Gasteiger partial charge in [-0.3, -0.25) is 9.78 Å². The maximum absolute atomic E-state index is 11.8. The second kappa shape index (κ2) is 7.02. The molecule has 0 saturated heterocycles. The Morgan fingerprint density at radius 3 is 2.57 bits per heavy atom. The Hall–Kier alpha value is -2.73. The quantitative estimate of drug-likeness (QED) is 0.545. The van der Waals surface area contributed by atoms with Crippen molar-refractivity contribution in [3.8, 4) is 11.3 Å². The van der Waals surface area contributed by atoms with Gasteiger partial charge in [0.15, 0.2) is 0 Å². The predicted octanol–water partition coefficient (Wildman–Crippen LogP) is 3.65. The largest absolute Gasteiger partial charge is 0.291 e. The fraction of sp³-hybridized carbons (Fsp3) is 0. The van der Waals surface area contributed by atoms with Crippen molar-refractivity contribution in [1.29, 1.82) is 0 Å². The van der Waals surface area contributed by atoms with Gasteiger partial charge in [0.05, 0.1) is 11.9 Å². The van der Waals surface area contributed by atoms with E-state index >= 15 is 0 Å². The molecule has 0 bridgehead atoms. The van der Waals surface area contributed by atoms with E-state index in [1.807, 2.05) is 54.6 Å². The van der Waals surface area contributed by atoms with Crippen molar-refractivity contribution >= 4 is 28.1 Å². The van der Waals surface area contributed by atoms with Crippen molar-refractivity contribution < 1.29 is 0 Å². The molecule has 2 aromatic carbocycles. The van der Waals surface area contributed by atoms with Crippen molar-refractivity contribution in [2.75, 3.05) is 5.43 Å². The van der Waals surface area contributed by atoms with Crippen molar-refractivity contribution in [2.24, 2.45) is 5.10 Å². The van der Waals surface area contributed by atoms with E-state index in [9.17, 15) is 4.79 Å². The molecule has 0 aliphatic rings. The number of hydrogen-bond acceptors (Lipinski definition) is 4. The summed E-state index contributed by atoms with van der Waals surface area (Å²) >= 11 is 3.38. The molecule has 3 rings (SSSR count). The molecule has 0 amide bonds. The minimum atomic E-state index is -0.236. The average molecular weight is 369 g/mol. The van der Waals surface area contributed by atoms with Gasteiger partial charge in [0.2, 0.25) is 5.95 Å². The molecule has 6 heteroatoms. The third-order valence-electron chi connectivity index (χ3n) is 3.07. The highest BCUT2D eigenvalue weighted by molar-refractivity contribution is 9.10. The summed E-state index contributed by atoms with van der Waals surface area (Å²) in [7, 11) is 0. The summed E-state index contributed by atoms with van der Waals surface area (Å²) in [5.74, 6) is 0.296. The third-order valence-corrected chi connectivity index (χ3v) is 3.59. The van der Waals surface area contributed by atoms with E-state index in [0.717, 1.165) is 15.6 Å². The molecule has 0 saturated carbocycles. The number of nitrogens with one attached hydrogen (secondary N) is 2. The molecular formula is C17H13BrN4O. The topological polar surface area (TPSA) is 70.1 Å². The highest BCUT2D eigenvalue weighted by Crippen LogP contribution is 2.15. The van der Waals surface area contributed by atoms with Gasteiger partial charge in [-0.15, -0.1) is 0 Å². The molecule has 0 spiro atoms. The van der Waals surface area contributed by atoms with Crippen LogP contribution >= 0.6 is 15.9 Å². The summed E-state index contributed by atoms with van der Waals surface area (Å²) in [6, 6.07) is 18.7. The lowest BCUT2D eigenvalue weighted by atomic mass is 10.1. The molecule has 2 N–H and O–H groups in total. The molecule has 1 heterocycles. The Labute approximate surface area is 141 Å². The first kappa shape index (κ1) is 15.2. The minimum absolute atomic E-state index is 0.236. The van der Waals surface area contributed by atoms with Crippen LogP contribution in [0.3, 0.4) is 0 Å². The monoisotopic (exact) mass is 368 g/mol. The molecule has 0 atom stereocenters. The first-order valence-corrected chi connectivity index (χ1v) is 7.71. The zero-order valence-corrected chi connectivity index (χ0v) is 13.6. The molecule has 23 heavy (non-hydrogen) atoms. The zero-order valence-electron chi connectivity index (χ0n) is 12.0. The standard InChI is InChI=1S/C17H13BrN4O/c18-14-8-6-12(7-9-14)11-19-22-17-20-15(10-16(23)21-17)13-4-2-1-3-5-13/h1-11H,(H2,20,21,22,23)/b19-11+. The Balaban J connectivity index is 1.79. The second-order valence-corrected chi connectivity index (χ2v) is 5.68. The Bertz CT molecular complexity index is 873. The number of rotatable bonds is 4. The van der Waals surface area contributed by atoms with Crippen LogP contribution in [0.15, 0.2) is 75.0 Å². The van der Waals surface area contributed by atoms with E-state index in [4.69, 9.17) is 0 Å². The molecule has 0 unspecified atom stereocenters. The Morgan fingerprint density at radius 1 is 1.09 bits per heavy atom. The van der Waals surface area contributed by atoms with Gasteiger partial charge in [0, 0.05) is 16.1 Å². The summed E-state index contributed by atoms with van der Waals surface area (Å²) in [4.78, 5) is 18.7. The summed E-state index contributed by atoms with van der Waals surface area (Å²) in [6.45, 7) is 0. The lowest BCUT2D eigenvalue weighted by molar-refractivity contribution is 1.09. The highest BCUT2D eigenvalue weighted by Gasteiger charge is 2.02. The zero-order chi connectivity index (χ0) is 16.1. The number of halogens is 1. The number of hydrazone groups is 1. The van der Waals surface area contributed by atoms with E-state index in [1.165, 1.54) is 6.07 Å². The summed E-state index contributed by atoms with van der Waals surface area (Å²) in [5.41, 5.74) is 4.91. The van der Waals surface area contributed by atoms with Gasteiger partial charge in [-0.05, 0) is 17.7 Å². The molecule has 5 nitrogen and oxygen atoms in total. The molecule has 3 aromatic rings. The van der Waals surface area contributed by atoms with Crippen LogP contribution in [0, 0.1) is 0 Å². The fourth-order valence-electron chi connectivity index (χ4n) is 1.98. The average Bonchev–Trinajstić information content (AvgIpc) is 2.57. The van der Waals surface area contributed by atoms with Gasteiger partial charge >= 0.3 is 0 Å². The summed E-state index contributed by atoms with van der Waals surface area (Å²) < 4.78 is 1.00. The van der Waals surface area contributed by atoms with Crippen LogP contribution in [0.5, 0.6) is 0 Å². The number of hydrogen-bond donors (Lipinski definition) is 2. The van der Waals surface area contributed by atoms with Crippen LogP contribution in [-0.2, 0) is 0 Å². The minimum Gasteiger partial charge on any atom is -0.291 e. The predicted molar refractivity (Wildman–Crippen MR) is 95.7 cm³/mol. The molecule has 0 aliphatic heterocycles. The number of aromatic nitrogens is 2. The maximum atomic E-state index is 11.8. The molecule has 0 radical (unpaired) electrons. The fourth-order valence-corrected chi connectivity index (χ4v) is 2.25. The van der Waals surface area contributed by atoms with Gasteiger partial charge in [0.25, 0.3) is 5.56 Å². The van der Waals surface area contributed by atoms with Crippen LogP contribution in [0.4, 0.5) is 5.95 Å². The van der Waals surface area contributed by atoms with Gasteiger partial charge in [-0.1, -0.05) is 58.4 Å². The number of H-pyrrole nitrogens is 1. The van der Waals surface area contributed by atoms with Crippen LogP contribution < -0.4 is 11.0 Å². The molecular weight excluding hydrogens is 356 g/mol. The SMILES string of the molecule is O=c1cc(-c2ccccc2)nc(N/N=C/c2ccc(Br)cc2)[nH]1. The Morgan fingerprint density at radius 2 is 1.83 bits per heavy atom. The second-order valence-electron chi connectivity index (χ2n) is 4.77. The molecule has 1 aromatic heterocycles. The van der Waals surface area contributed by atoms with E-state index < -0.39 is 0 Å². The number of nitrogens with zero attached hydrogens (tertiary/aromatic N) is 2. The normalized spacial score (nSPS) is 10.8. The molecule has 114 valence electrons. The smallest absolute Gasteiger partial charge is 0.252 e. The van der Waals surface area contributed by atoms with E-state index in [-0.39, 0.29) is 5.56 Å². The van der Waals surface area contributed by atoms with Crippen molar-refractivity contribution in [1.82, 2.24) is 9.97 Å². The van der Waals surface area contributed by atoms with E-state index in [1.54, 1.807) is 6.21 Å². The lowest BCUT2D eigenvalue weighted by Gasteiger charge is -2.03. The van der Waals surface area contributed by atoms with Crippen molar-refractivity contribution in [2.45, 2.75) is 0 Å². The first-order valence-electron chi connectivity index (χ1n) is 6.92. The molecule has 0 fully saturated rings. The number of benzene rings is 2. The van der Waals surface area contributed by atoms with Crippen molar-refractivity contribution in [3.05, 3.63) is 81.1 Å². The van der Waals surface area contributed by atoms with E-state index in [2.05, 4.69) is 36.4 Å². The Kier molecular flexibility index (Phi) is 4.63. The molecule has 0 aliphatic carbocycles. The summed E-state index contributed by atoms with van der Waals surface area (Å²) in [6.07, 6.45) is 1.65. The number of aromatic amines is 1. The van der Waals surface area contributed by atoms with Crippen molar-refractivity contribution in [3.63, 3.8) is 0 Å². The highest BCUT2D eigenvalue weighted by atomic mass is 79.9. The van der Waals surface area contributed by atoms with Crippen LogP contribution in [0.25, 0.3) is 11.3 Å². The van der Waals surface area contributed by atoms with Crippen LogP contribution in [0.1, 0.15) is 5.56 Å². The first-order chi connectivity index (χ1) is 11.2. The van der Waals surface area contributed by atoms with Crippen LogP contribution in [-0.4, -0.2) is 16.2 Å². The lowest BCUT2D eigenvalue weighted by Crippen LogP contribution is -2.10. The number of anilines is 1. The van der Waals surface area contributed by atoms with Gasteiger partial charge < -0.3 is 0 Å². The summed E-state index contributed by atoms with van der Waals surface area (Å²) in [5, 5.41) is 4.09. The van der Waals surface area contributed by atoms with Crippen LogP contribution in [0.2, 0.25) is 0 Å². The van der Waals surface area contributed by atoms with E-state index in [0.29, 0.717) is 11.6 Å². The van der Waals surface area contributed by atoms with Gasteiger partial charge in [-0.2, -0.15) is 5.10 Å². The maximum Gasteiger partial charge on any atom is 0.252 e.